The molecule has 0 N–H and O–H groups in total. The second-order valence-electron chi connectivity index (χ2n) is 10.4. The first-order chi connectivity index (χ1) is 19.3. The summed E-state index contributed by atoms with van der Waals surface area (Å²) in [4.78, 5) is 58.3. The molecule has 9 heteroatoms. The van der Waals surface area contributed by atoms with Gasteiger partial charge in [-0.15, -0.1) is 11.3 Å². The highest BCUT2D eigenvalue weighted by molar-refractivity contribution is 7.12. The zero-order chi connectivity index (χ0) is 28.0. The number of carbonyl (C=O) groups excluding carboxylic acids is 4. The number of esters is 1. The van der Waals surface area contributed by atoms with Crippen LogP contribution < -0.4 is 4.90 Å². The van der Waals surface area contributed by atoms with Crippen molar-refractivity contribution in [2.45, 2.75) is 26.2 Å². The number of Topliss-reactive ketones (excluding diaryl/α,β-unsaturated/α-hetero) is 1. The molecule has 4 aromatic rings. The fraction of sp³-hybridized carbons (Fsp3) is 0.258. The van der Waals surface area contributed by atoms with Crippen molar-refractivity contribution in [1.82, 2.24) is 4.98 Å². The number of imide groups is 1. The minimum atomic E-state index is -0.664. The fourth-order valence-corrected chi connectivity index (χ4v) is 6.48. The van der Waals surface area contributed by atoms with E-state index < -0.39 is 5.97 Å². The van der Waals surface area contributed by atoms with Crippen LogP contribution in [0.5, 0.6) is 0 Å². The van der Waals surface area contributed by atoms with Crippen LogP contribution in [0, 0.1) is 17.8 Å². The topological polar surface area (TPSA) is 93.6 Å². The Balaban J connectivity index is 1.29. The number of nitrogens with zero attached hydrogens (tertiary/aromatic N) is 2. The van der Waals surface area contributed by atoms with Gasteiger partial charge in [0.15, 0.2) is 6.61 Å². The SMILES string of the molecule is CC1CCC2C(=O)N(c3ccc(-c4cc(C(=O)OCC(=O)c5cccs5)c5cc(Cl)ccc5n4)cc3)C(=O)C2C1. The monoisotopic (exact) mass is 572 g/mol. The summed E-state index contributed by atoms with van der Waals surface area (Å²) in [5.74, 6) is -1.25. The second kappa shape index (κ2) is 10.6. The maximum atomic E-state index is 13.2. The Labute approximate surface area is 239 Å². The van der Waals surface area contributed by atoms with Gasteiger partial charge in [0.1, 0.15) is 0 Å². The maximum Gasteiger partial charge on any atom is 0.339 e. The lowest BCUT2D eigenvalue weighted by Crippen LogP contribution is -2.30. The van der Waals surface area contributed by atoms with E-state index in [2.05, 4.69) is 6.92 Å². The van der Waals surface area contributed by atoms with Crippen LogP contribution in [0.15, 0.2) is 66.0 Å². The van der Waals surface area contributed by atoms with E-state index >= 15 is 0 Å². The molecule has 1 saturated carbocycles. The Morgan fingerprint density at radius 2 is 1.80 bits per heavy atom. The predicted octanol–water partition coefficient (Wildman–Crippen LogP) is 6.58. The number of fused-ring (bicyclic) bond motifs is 2. The highest BCUT2D eigenvalue weighted by Gasteiger charge is 2.49. The molecule has 3 atom stereocenters. The van der Waals surface area contributed by atoms with Gasteiger partial charge in [0.25, 0.3) is 0 Å². The molecule has 0 spiro atoms. The van der Waals surface area contributed by atoms with Crippen molar-refractivity contribution in [2.24, 2.45) is 17.8 Å². The predicted molar refractivity (Wildman–Crippen MR) is 154 cm³/mol. The van der Waals surface area contributed by atoms with Crippen LogP contribution in [0.2, 0.25) is 5.02 Å². The number of amides is 2. The van der Waals surface area contributed by atoms with E-state index in [1.807, 2.05) is 0 Å². The van der Waals surface area contributed by atoms with Crippen LogP contribution in [0.25, 0.3) is 22.2 Å². The van der Waals surface area contributed by atoms with Crippen LogP contribution in [0.4, 0.5) is 5.69 Å². The van der Waals surface area contributed by atoms with Gasteiger partial charge in [0.2, 0.25) is 17.6 Å². The van der Waals surface area contributed by atoms with E-state index in [1.54, 1.807) is 66.0 Å². The summed E-state index contributed by atoms with van der Waals surface area (Å²) >= 11 is 7.50. The van der Waals surface area contributed by atoms with Crippen LogP contribution in [0.1, 0.15) is 46.2 Å². The van der Waals surface area contributed by atoms with Gasteiger partial charge in [-0.05, 0) is 73.0 Å². The summed E-state index contributed by atoms with van der Waals surface area (Å²) in [6.07, 6.45) is 2.44. The molecule has 0 bridgehead atoms. The Hall–Kier alpha value is -3.88. The number of benzene rings is 2. The molecular formula is C31H25ClN2O5S. The van der Waals surface area contributed by atoms with Crippen molar-refractivity contribution in [2.75, 3.05) is 11.5 Å². The number of thiophene rings is 1. The Morgan fingerprint density at radius 3 is 2.55 bits per heavy atom. The van der Waals surface area contributed by atoms with E-state index in [1.165, 1.54) is 16.2 Å². The second-order valence-corrected chi connectivity index (χ2v) is 11.8. The van der Waals surface area contributed by atoms with Gasteiger partial charge in [-0.2, -0.15) is 0 Å². The maximum absolute atomic E-state index is 13.2. The smallest absolute Gasteiger partial charge is 0.339 e. The fourth-order valence-electron chi connectivity index (χ4n) is 5.66. The highest BCUT2D eigenvalue weighted by atomic mass is 35.5. The van der Waals surface area contributed by atoms with E-state index in [0.29, 0.717) is 43.7 Å². The highest BCUT2D eigenvalue weighted by Crippen LogP contribution is 2.42. The van der Waals surface area contributed by atoms with Gasteiger partial charge in [0, 0.05) is 16.0 Å². The molecule has 7 nitrogen and oxygen atoms in total. The molecule has 0 radical (unpaired) electrons. The van der Waals surface area contributed by atoms with Gasteiger partial charge in [-0.25, -0.2) is 9.78 Å². The standard InChI is InChI=1S/C31H25ClN2O5S/c1-17-4-10-21-23(13-17)30(37)34(29(21)36)20-8-5-18(6-9-20)26-15-24(22-14-19(32)7-11-25(22)33-26)31(38)39-16-27(35)28-3-2-12-40-28/h2-3,5-9,11-12,14-15,17,21,23H,4,10,13,16H2,1H3. The Bertz CT molecular complexity index is 1650. The summed E-state index contributed by atoms with van der Waals surface area (Å²) in [6, 6.07) is 17.1. The average Bonchev–Trinajstić information content (AvgIpc) is 3.58. The zero-order valence-corrected chi connectivity index (χ0v) is 23.2. The lowest BCUT2D eigenvalue weighted by molar-refractivity contribution is -0.122. The number of rotatable bonds is 6. The first-order valence-corrected chi connectivity index (χ1v) is 14.4. The number of aromatic nitrogens is 1. The molecule has 3 heterocycles. The first kappa shape index (κ1) is 26.3. The first-order valence-electron chi connectivity index (χ1n) is 13.1. The van der Waals surface area contributed by atoms with Crippen molar-refractivity contribution in [3.05, 3.63) is 81.5 Å². The third-order valence-electron chi connectivity index (χ3n) is 7.73. The van der Waals surface area contributed by atoms with E-state index in [0.717, 1.165) is 19.3 Å². The lowest BCUT2D eigenvalue weighted by Gasteiger charge is -2.25. The third-order valence-corrected chi connectivity index (χ3v) is 8.88. The molecule has 2 aromatic carbocycles. The molecule has 2 aliphatic rings. The molecule has 2 fully saturated rings. The summed E-state index contributed by atoms with van der Waals surface area (Å²) in [5, 5.41) is 2.73. The number of halogens is 1. The van der Waals surface area contributed by atoms with Gasteiger partial charge in [-0.3, -0.25) is 19.3 Å². The van der Waals surface area contributed by atoms with Crippen LogP contribution >= 0.6 is 22.9 Å². The van der Waals surface area contributed by atoms with Gasteiger partial charge >= 0.3 is 5.97 Å². The van der Waals surface area contributed by atoms with Crippen LogP contribution in [-0.2, 0) is 14.3 Å². The molecule has 40 heavy (non-hydrogen) atoms. The normalized spacial score (nSPS) is 20.6. The lowest BCUT2D eigenvalue weighted by atomic mass is 9.76. The summed E-state index contributed by atoms with van der Waals surface area (Å²) in [5.41, 5.74) is 2.48. The molecule has 3 unspecified atom stereocenters. The quantitative estimate of drug-likeness (QED) is 0.147. The largest absolute Gasteiger partial charge is 0.454 e. The number of ketones is 1. The van der Waals surface area contributed by atoms with Crippen LogP contribution in [-0.4, -0.2) is 35.2 Å². The van der Waals surface area contributed by atoms with Crippen molar-refractivity contribution in [1.29, 1.82) is 0 Å². The van der Waals surface area contributed by atoms with Crippen LogP contribution in [0.3, 0.4) is 0 Å². The van der Waals surface area contributed by atoms with Gasteiger partial charge in [0.05, 0.1) is 39.2 Å². The number of hydrogen-bond donors (Lipinski definition) is 0. The van der Waals surface area contributed by atoms with Gasteiger partial charge < -0.3 is 4.74 Å². The van der Waals surface area contributed by atoms with Crippen molar-refractivity contribution >= 4 is 63.1 Å². The molecular weight excluding hydrogens is 548 g/mol. The number of hydrogen-bond acceptors (Lipinski definition) is 7. The molecule has 1 aliphatic carbocycles. The van der Waals surface area contributed by atoms with Gasteiger partial charge in [-0.1, -0.05) is 36.7 Å². The molecule has 1 aliphatic heterocycles. The number of carbonyl (C=O) groups is 4. The van der Waals surface area contributed by atoms with E-state index in [-0.39, 0.29) is 41.6 Å². The van der Waals surface area contributed by atoms with E-state index in [9.17, 15) is 19.2 Å². The minimum Gasteiger partial charge on any atom is -0.454 e. The number of pyridine rings is 1. The summed E-state index contributed by atoms with van der Waals surface area (Å²) < 4.78 is 5.38. The Kier molecular flexibility index (Phi) is 6.98. The number of anilines is 1. The Morgan fingerprint density at radius 1 is 1.02 bits per heavy atom. The molecule has 1 saturated heterocycles. The summed E-state index contributed by atoms with van der Waals surface area (Å²) in [6.45, 7) is 1.74. The third kappa shape index (κ3) is 4.82. The molecule has 6 rings (SSSR count). The van der Waals surface area contributed by atoms with Crippen molar-refractivity contribution < 1.29 is 23.9 Å². The van der Waals surface area contributed by atoms with Crippen molar-refractivity contribution in [3.63, 3.8) is 0 Å². The average molecular weight is 573 g/mol. The van der Waals surface area contributed by atoms with Crippen molar-refractivity contribution in [3.8, 4) is 11.3 Å². The minimum absolute atomic E-state index is 0.127. The summed E-state index contributed by atoms with van der Waals surface area (Å²) in [7, 11) is 0. The zero-order valence-electron chi connectivity index (χ0n) is 21.6. The number of ether oxygens (including phenoxy) is 1. The molecule has 2 aromatic heterocycles. The molecule has 2 amide bonds. The van der Waals surface area contributed by atoms with E-state index in [4.69, 9.17) is 21.3 Å². The molecule has 202 valence electrons.